The summed E-state index contributed by atoms with van der Waals surface area (Å²) in [5, 5.41) is 14.1. The molecule has 0 spiro atoms. The standard InChI is InChI=1S/C12H18N2O4/c1-3-4-5-13-12(17)14-7-9-6-10(11(15)16)8(2)18-9/h6H,3-5,7H2,1-2H3,(H,15,16)(H2,13,14,17). The van der Waals surface area contributed by atoms with Crippen molar-refractivity contribution in [2.24, 2.45) is 0 Å². The van der Waals surface area contributed by atoms with Gasteiger partial charge in [0.25, 0.3) is 0 Å². The van der Waals surface area contributed by atoms with Crippen LogP contribution in [-0.2, 0) is 6.54 Å². The molecule has 1 aromatic rings. The first-order chi connectivity index (χ1) is 8.54. The van der Waals surface area contributed by atoms with Crippen molar-refractivity contribution in [2.75, 3.05) is 6.54 Å². The predicted molar refractivity (Wildman–Crippen MR) is 65.6 cm³/mol. The van der Waals surface area contributed by atoms with Crippen LogP contribution in [0.4, 0.5) is 4.79 Å². The molecule has 6 heteroatoms. The number of amides is 2. The van der Waals surface area contributed by atoms with Crippen LogP contribution in [0.15, 0.2) is 10.5 Å². The second-order valence-corrected chi connectivity index (χ2v) is 3.95. The van der Waals surface area contributed by atoms with Gasteiger partial charge in [0.15, 0.2) is 0 Å². The Morgan fingerprint density at radius 1 is 1.39 bits per heavy atom. The third kappa shape index (κ3) is 4.12. The summed E-state index contributed by atoms with van der Waals surface area (Å²) in [6.45, 7) is 4.42. The van der Waals surface area contributed by atoms with Gasteiger partial charge in [-0.15, -0.1) is 0 Å². The average Bonchev–Trinajstić information content (AvgIpc) is 2.68. The van der Waals surface area contributed by atoms with Crippen molar-refractivity contribution in [3.8, 4) is 0 Å². The van der Waals surface area contributed by atoms with Gasteiger partial charge in [-0.05, 0) is 19.4 Å². The highest BCUT2D eigenvalue weighted by molar-refractivity contribution is 5.88. The lowest BCUT2D eigenvalue weighted by atomic mass is 10.2. The van der Waals surface area contributed by atoms with E-state index in [1.165, 1.54) is 6.07 Å². The summed E-state index contributed by atoms with van der Waals surface area (Å²) in [7, 11) is 0. The fourth-order valence-electron chi connectivity index (χ4n) is 1.45. The third-order valence-electron chi connectivity index (χ3n) is 2.44. The lowest BCUT2D eigenvalue weighted by molar-refractivity contribution is 0.0695. The molecule has 0 fully saturated rings. The average molecular weight is 254 g/mol. The van der Waals surface area contributed by atoms with E-state index in [-0.39, 0.29) is 18.1 Å². The molecule has 0 aromatic carbocycles. The maximum atomic E-state index is 11.3. The topological polar surface area (TPSA) is 91.6 Å². The van der Waals surface area contributed by atoms with E-state index >= 15 is 0 Å². The van der Waals surface area contributed by atoms with Crippen LogP contribution in [0.1, 0.15) is 41.6 Å². The van der Waals surface area contributed by atoms with Crippen LogP contribution < -0.4 is 10.6 Å². The Bertz CT molecular complexity index is 426. The number of urea groups is 1. The Morgan fingerprint density at radius 2 is 2.11 bits per heavy atom. The molecule has 0 atom stereocenters. The molecule has 3 N–H and O–H groups in total. The van der Waals surface area contributed by atoms with Crippen molar-refractivity contribution < 1.29 is 19.1 Å². The maximum absolute atomic E-state index is 11.3. The number of aryl methyl sites for hydroxylation is 1. The first-order valence-electron chi connectivity index (χ1n) is 5.89. The molecule has 100 valence electrons. The van der Waals surface area contributed by atoms with Gasteiger partial charge >= 0.3 is 12.0 Å². The smallest absolute Gasteiger partial charge is 0.339 e. The number of unbranched alkanes of at least 4 members (excludes halogenated alkanes) is 1. The second kappa shape index (κ2) is 6.68. The number of carboxylic acids is 1. The zero-order valence-corrected chi connectivity index (χ0v) is 10.6. The largest absolute Gasteiger partial charge is 0.478 e. The highest BCUT2D eigenvalue weighted by Crippen LogP contribution is 2.14. The van der Waals surface area contributed by atoms with Gasteiger partial charge in [0.2, 0.25) is 0 Å². The molecule has 0 saturated carbocycles. The lowest BCUT2D eigenvalue weighted by Gasteiger charge is -2.05. The van der Waals surface area contributed by atoms with Crippen LogP contribution in [-0.4, -0.2) is 23.7 Å². The van der Waals surface area contributed by atoms with Crippen molar-refractivity contribution in [1.82, 2.24) is 10.6 Å². The molecule has 6 nitrogen and oxygen atoms in total. The number of carbonyl (C=O) groups is 2. The first kappa shape index (κ1) is 14.1. The Kier molecular flexibility index (Phi) is 5.23. The molecule has 0 aliphatic rings. The van der Waals surface area contributed by atoms with Crippen molar-refractivity contribution >= 4 is 12.0 Å². The molecular weight excluding hydrogens is 236 g/mol. The Morgan fingerprint density at radius 3 is 2.67 bits per heavy atom. The van der Waals surface area contributed by atoms with Crippen molar-refractivity contribution in [1.29, 1.82) is 0 Å². The van der Waals surface area contributed by atoms with E-state index in [9.17, 15) is 9.59 Å². The van der Waals surface area contributed by atoms with Crippen LogP contribution in [0.2, 0.25) is 0 Å². The number of carbonyl (C=O) groups excluding carboxylic acids is 1. The van der Waals surface area contributed by atoms with E-state index in [0.29, 0.717) is 18.1 Å². The summed E-state index contributed by atoms with van der Waals surface area (Å²) in [5.74, 6) is -0.267. The van der Waals surface area contributed by atoms with Gasteiger partial charge in [0.1, 0.15) is 17.1 Å². The summed E-state index contributed by atoms with van der Waals surface area (Å²) >= 11 is 0. The number of hydrogen-bond donors (Lipinski definition) is 3. The van der Waals surface area contributed by atoms with Gasteiger partial charge < -0.3 is 20.2 Å². The molecule has 0 aliphatic carbocycles. The monoisotopic (exact) mass is 254 g/mol. The van der Waals surface area contributed by atoms with E-state index in [1.807, 2.05) is 6.92 Å². The molecule has 0 bridgehead atoms. The molecule has 2 amide bonds. The van der Waals surface area contributed by atoms with Crippen LogP contribution >= 0.6 is 0 Å². The molecule has 0 aliphatic heterocycles. The number of carboxylic acid groups (broad SMARTS) is 1. The molecule has 1 rings (SSSR count). The van der Waals surface area contributed by atoms with Gasteiger partial charge in [-0.3, -0.25) is 0 Å². The molecule has 18 heavy (non-hydrogen) atoms. The Balaban J connectivity index is 2.41. The SMILES string of the molecule is CCCCNC(=O)NCc1cc(C(=O)O)c(C)o1. The van der Waals surface area contributed by atoms with E-state index < -0.39 is 5.97 Å². The summed E-state index contributed by atoms with van der Waals surface area (Å²) in [6.07, 6.45) is 1.94. The fraction of sp³-hybridized carbons (Fsp3) is 0.500. The van der Waals surface area contributed by atoms with Crippen LogP contribution in [0.3, 0.4) is 0 Å². The number of hydrogen-bond acceptors (Lipinski definition) is 3. The van der Waals surface area contributed by atoms with Crippen LogP contribution in [0, 0.1) is 6.92 Å². The van der Waals surface area contributed by atoms with Gasteiger partial charge in [-0.2, -0.15) is 0 Å². The quantitative estimate of drug-likeness (QED) is 0.676. The number of nitrogens with one attached hydrogen (secondary N) is 2. The van der Waals surface area contributed by atoms with Gasteiger partial charge in [0, 0.05) is 6.54 Å². The molecular formula is C12H18N2O4. The Hall–Kier alpha value is -1.98. The van der Waals surface area contributed by atoms with E-state index in [2.05, 4.69) is 10.6 Å². The van der Waals surface area contributed by atoms with Gasteiger partial charge in [-0.1, -0.05) is 13.3 Å². The predicted octanol–water partition coefficient (Wildman–Crippen LogP) is 1.89. The molecule has 1 aromatic heterocycles. The minimum atomic E-state index is -1.03. The second-order valence-electron chi connectivity index (χ2n) is 3.95. The number of aromatic carboxylic acids is 1. The van der Waals surface area contributed by atoms with Crippen LogP contribution in [0.25, 0.3) is 0 Å². The van der Waals surface area contributed by atoms with Gasteiger partial charge in [0.05, 0.1) is 6.54 Å². The first-order valence-corrected chi connectivity index (χ1v) is 5.89. The van der Waals surface area contributed by atoms with E-state index in [0.717, 1.165) is 12.8 Å². The third-order valence-corrected chi connectivity index (χ3v) is 2.44. The van der Waals surface area contributed by atoms with E-state index in [4.69, 9.17) is 9.52 Å². The van der Waals surface area contributed by atoms with Crippen molar-refractivity contribution in [3.63, 3.8) is 0 Å². The number of furan rings is 1. The molecule has 1 heterocycles. The highest BCUT2D eigenvalue weighted by Gasteiger charge is 2.13. The van der Waals surface area contributed by atoms with E-state index in [1.54, 1.807) is 6.92 Å². The van der Waals surface area contributed by atoms with Crippen molar-refractivity contribution in [2.45, 2.75) is 33.2 Å². The zero-order chi connectivity index (χ0) is 13.5. The molecule has 0 saturated heterocycles. The summed E-state index contributed by atoms with van der Waals surface area (Å²) < 4.78 is 5.23. The molecule has 0 unspecified atom stereocenters. The summed E-state index contributed by atoms with van der Waals surface area (Å²) in [4.78, 5) is 22.1. The number of rotatable bonds is 6. The van der Waals surface area contributed by atoms with Crippen LogP contribution in [0.5, 0.6) is 0 Å². The summed E-state index contributed by atoms with van der Waals surface area (Å²) in [6, 6.07) is 1.14. The zero-order valence-electron chi connectivity index (χ0n) is 10.6. The van der Waals surface area contributed by atoms with Crippen molar-refractivity contribution in [3.05, 3.63) is 23.2 Å². The Labute approximate surface area is 105 Å². The maximum Gasteiger partial charge on any atom is 0.339 e. The fourth-order valence-corrected chi connectivity index (χ4v) is 1.45. The lowest BCUT2D eigenvalue weighted by Crippen LogP contribution is -2.35. The summed E-state index contributed by atoms with van der Waals surface area (Å²) in [5.41, 5.74) is 0.123. The molecule has 0 radical (unpaired) electrons. The minimum absolute atomic E-state index is 0.123. The normalized spacial score (nSPS) is 10.1. The minimum Gasteiger partial charge on any atom is -0.478 e. The highest BCUT2D eigenvalue weighted by atomic mass is 16.4. The van der Waals surface area contributed by atoms with Gasteiger partial charge in [-0.25, -0.2) is 9.59 Å².